The molecule has 0 aliphatic carbocycles. The number of aromatic nitrogens is 2. The minimum absolute atomic E-state index is 0.465. The lowest BCUT2D eigenvalue weighted by molar-refractivity contribution is 0.531. The smallest absolute Gasteiger partial charge is 0.406 e. The molecule has 2 heterocycles. The van der Waals surface area contributed by atoms with Gasteiger partial charge in [0, 0.05) is 18.5 Å². The third-order valence-corrected chi connectivity index (χ3v) is 1.29. The zero-order chi connectivity index (χ0) is 7.68. The predicted octanol–water partition coefficient (Wildman–Crippen LogP) is 0.535. The molecule has 4 heteroatoms. The van der Waals surface area contributed by atoms with Crippen molar-refractivity contribution in [1.82, 2.24) is 9.97 Å². The lowest BCUT2D eigenvalue weighted by Crippen LogP contribution is -1.92. The SMILES string of the molecule is O=c1nc2ccnccc-2o1. The van der Waals surface area contributed by atoms with Gasteiger partial charge in [0.05, 0.1) is 0 Å². The molecule has 2 rings (SSSR count). The summed E-state index contributed by atoms with van der Waals surface area (Å²) in [7, 11) is 0. The van der Waals surface area contributed by atoms with Gasteiger partial charge in [-0.05, 0) is 6.07 Å². The average molecular weight is 148 g/mol. The Balaban J connectivity index is 2.83. The highest BCUT2D eigenvalue weighted by atomic mass is 16.4. The summed E-state index contributed by atoms with van der Waals surface area (Å²) < 4.78 is 4.72. The lowest BCUT2D eigenvalue weighted by Gasteiger charge is -1.79. The number of rotatable bonds is 0. The van der Waals surface area contributed by atoms with E-state index >= 15 is 0 Å². The zero-order valence-electron chi connectivity index (χ0n) is 5.52. The van der Waals surface area contributed by atoms with Gasteiger partial charge in [-0.3, -0.25) is 4.98 Å². The predicted molar refractivity (Wildman–Crippen MR) is 37.2 cm³/mol. The Kier molecular flexibility index (Phi) is 1.18. The highest BCUT2D eigenvalue weighted by Gasteiger charge is 2.05. The third-order valence-electron chi connectivity index (χ3n) is 1.29. The molecule has 0 aromatic rings. The van der Waals surface area contributed by atoms with E-state index < -0.39 is 5.76 Å². The Morgan fingerprint density at radius 1 is 1.27 bits per heavy atom. The third kappa shape index (κ3) is 0.980. The second kappa shape index (κ2) is 2.16. The van der Waals surface area contributed by atoms with E-state index in [1.54, 1.807) is 24.5 Å². The average Bonchev–Trinajstić information content (AvgIpc) is 2.17. The number of hydrogen-bond acceptors (Lipinski definition) is 4. The number of oxazole rings is 1. The fourth-order valence-corrected chi connectivity index (χ4v) is 0.835. The van der Waals surface area contributed by atoms with Crippen LogP contribution in [0.25, 0.3) is 11.5 Å². The molecule has 0 atom stereocenters. The van der Waals surface area contributed by atoms with E-state index in [9.17, 15) is 4.79 Å². The molecule has 2 aliphatic heterocycles. The molecule has 0 fully saturated rings. The lowest BCUT2D eigenvalue weighted by atomic mass is 10.3. The summed E-state index contributed by atoms with van der Waals surface area (Å²) in [5.74, 6) is -0.0984. The Morgan fingerprint density at radius 3 is 3.00 bits per heavy atom. The molecule has 0 radical (unpaired) electrons. The van der Waals surface area contributed by atoms with Crippen molar-refractivity contribution < 1.29 is 4.42 Å². The van der Waals surface area contributed by atoms with E-state index in [0.29, 0.717) is 11.5 Å². The van der Waals surface area contributed by atoms with Gasteiger partial charge in [0.15, 0.2) is 5.76 Å². The van der Waals surface area contributed by atoms with Gasteiger partial charge in [0.1, 0.15) is 5.69 Å². The first-order chi connectivity index (χ1) is 5.36. The van der Waals surface area contributed by atoms with Crippen LogP contribution in [0.15, 0.2) is 33.7 Å². The topological polar surface area (TPSA) is 56.0 Å². The van der Waals surface area contributed by atoms with Crippen molar-refractivity contribution in [2.24, 2.45) is 0 Å². The summed E-state index contributed by atoms with van der Waals surface area (Å²) in [5.41, 5.74) is 0.535. The molecular weight excluding hydrogens is 144 g/mol. The van der Waals surface area contributed by atoms with E-state index in [0.717, 1.165) is 0 Å². The van der Waals surface area contributed by atoms with E-state index in [1.807, 2.05) is 0 Å². The minimum atomic E-state index is -0.564. The van der Waals surface area contributed by atoms with Crippen LogP contribution in [0.3, 0.4) is 0 Å². The summed E-state index contributed by atoms with van der Waals surface area (Å²) in [4.78, 5) is 18.0. The van der Waals surface area contributed by atoms with Gasteiger partial charge in [-0.2, -0.15) is 4.98 Å². The van der Waals surface area contributed by atoms with Gasteiger partial charge in [0.25, 0.3) is 0 Å². The van der Waals surface area contributed by atoms with E-state index in [4.69, 9.17) is 4.42 Å². The Labute approximate surface area is 61.9 Å². The van der Waals surface area contributed by atoms with E-state index in [2.05, 4.69) is 9.97 Å². The molecule has 2 aliphatic rings. The summed E-state index contributed by atoms with van der Waals surface area (Å²) >= 11 is 0. The first-order valence-electron chi connectivity index (χ1n) is 3.07. The van der Waals surface area contributed by atoms with Crippen molar-refractivity contribution in [1.29, 1.82) is 0 Å². The maximum Gasteiger partial charge on any atom is 0.439 e. The van der Waals surface area contributed by atoms with Crippen molar-refractivity contribution in [3.05, 3.63) is 35.1 Å². The summed E-state index contributed by atoms with van der Waals surface area (Å²) in [6.45, 7) is 0. The highest BCUT2D eigenvalue weighted by molar-refractivity contribution is 5.50. The van der Waals surface area contributed by atoms with Gasteiger partial charge >= 0.3 is 5.76 Å². The molecule has 0 bridgehead atoms. The van der Waals surface area contributed by atoms with Crippen LogP contribution in [0.4, 0.5) is 0 Å². The number of fused-ring (bicyclic) bond motifs is 1. The molecule has 0 aromatic carbocycles. The van der Waals surface area contributed by atoms with Crippen molar-refractivity contribution in [2.45, 2.75) is 0 Å². The highest BCUT2D eigenvalue weighted by Crippen LogP contribution is 2.12. The number of nitrogens with zero attached hydrogens (tertiary/aromatic N) is 2. The molecular formula is C7H4N2O2. The summed E-state index contributed by atoms with van der Waals surface area (Å²) in [6, 6.07) is 3.23. The van der Waals surface area contributed by atoms with Crippen LogP contribution in [0.2, 0.25) is 0 Å². The normalized spacial score (nSPS) is 10.2. The van der Waals surface area contributed by atoms with Crippen LogP contribution in [-0.4, -0.2) is 9.97 Å². The molecule has 54 valence electrons. The number of hydrogen-bond donors (Lipinski definition) is 0. The standard InChI is InChI=1S/C7H4N2O2/c10-7-9-5-1-3-8-4-2-6(5)11-7/h1-4H. The molecule has 0 saturated heterocycles. The molecule has 0 N–H and O–H groups in total. The van der Waals surface area contributed by atoms with Gasteiger partial charge in [-0.15, -0.1) is 0 Å². The second-order valence-corrected chi connectivity index (χ2v) is 2.01. The van der Waals surface area contributed by atoms with Crippen molar-refractivity contribution in [3.8, 4) is 11.5 Å². The first-order valence-corrected chi connectivity index (χ1v) is 3.07. The molecule has 0 saturated carbocycles. The van der Waals surface area contributed by atoms with Crippen molar-refractivity contribution in [2.75, 3.05) is 0 Å². The molecule has 11 heavy (non-hydrogen) atoms. The summed E-state index contributed by atoms with van der Waals surface area (Å²) in [5, 5.41) is 0. The van der Waals surface area contributed by atoms with Gasteiger partial charge in [0.2, 0.25) is 0 Å². The van der Waals surface area contributed by atoms with Gasteiger partial charge < -0.3 is 4.42 Å². The van der Waals surface area contributed by atoms with Crippen LogP contribution in [0.5, 0.6) is 0 Å². The Bertz CT molecular complexity index is 362. The zero-order valence-corrected chi connectivity index (χ0v) is 5.52. The minimum Gasteiger partial charge on any atom is -0.406 e. The molecule has 0 aromatic heterocycles. The van der Waals surface area contributed by atoms with Gasteiger partial charge in [-0.1, -0.05) is 0 Å². The summed E-state index contributed by atoms with van der Waals surface area (Å²) in [6.07, 6.45) is 3.11. The molecule has 0 amide bonds. The van der Waals surface area contributed by atoms with Crippen LogP contribution < -0.4 is 5.76 Å². The maximum absolute atomic E-state index is 10.6. The van der Waals surface area contributed by atoms with Crippen molar-refractivity contribution >= 4 is 0 Å². The Morgan fingerprint density at radius 2 is 2.09 bits per heavy atom. The molecule has 0 spiro atoms. The van der Waals surface area contributed by atoms with E-state index in [-0.39, 0.29) is 0 Å². The second-order valence-electron chi connectivity index (χ2n) is 2.01. The molecule has 4 nitrogen and oxygen atoms in total. The fraction of sp³-hybridized carbons (Fsp3) is 0. The monoisotopic (exact) mass is 148 g/mol. The quantitative estimate of drug-likeness (QED) is 0.547. The van der Waals surface area contributed by atoms with Crippen molar-refractivity contribution in [3.63, 3.8) is 0 Å². The van der Waals surface area contributed by atoms with Gasteiger partial charge in [-0.25, -0.2) is 4.79 Å². The maximum atomic E-state index is 10.6. The van der Waals surface area contributed by atoms with Crippen LogP contribution in [0, 0.1) is 0 Å². The molecule has 0 unspecified atom stereocenters. The Hall–Kier alpha value is -1.71. The van der Waals surface area contributed by atoms with Crippen LogP contribution >= 0.6 is 0 Å². The first kappa shape index (κ1) is 6.03. The van der Waals surface area contributed by atoms with E-state index in [1.165, 1.54) is 0 Å². The fourth-order valence-electron chi connectivity index (χ4n) is 0.835. The van der Waals surface area contributed by atoms with Crippen LogP contribution in [0.1, 0.15) is 0 Å². The largest absolute Gasteiger partial charge is 0.439 e. The van der Waals surface area contributed by atoms with Crippen LogP contribution in [-0.2, 0) is 0 Å².